The average Bonchev–Trinajstić information content (AvgIpc) is 2.61. The first-order valence-electron chi connectivity index (χ1n) is 9.26. The summed E-state index contributed by atoms with van der Waals surface area (Å²) >= 11 is 0. The van der Waals surface area contributed by atoms with E-state index in [2.05, 4.69) is 51.9 Å². The zero-order chi connectivity index (χ0) is 22.2. The number of nitrogens with one attached hydrogen (secondary N) is 3. The van der Waals surface area contributed by atoms with Crippen LogP contribution in [0, 0.1) is 12.8 Å². The highest BCUT2D eigenvalue weighted by molar-refractivity contribution is 5.83. The Balaban J connectivity index is 0. The van der Waals surface area contributed by atoms with Gasteiger partial charge in [0.2, 0.25) is 5.91 Å². The van der Waals surface area contributed by atoms with Gasteiger partial charge < -0.3 is 25.5 Å². The summed E-state index contributed by atoms with van der Waals surface area (Å²) in [6.45, 7) is 12.0. The van der Waals surface area contributed by atoms with Gasteiger partial charge >= 0.3 is 0 Å². The van der Waals surface area contributed by atoms with Crippen LogP contribution >= 0.6 is 0 Å². The van der Waals surface area contributed by atoms with Gasteiger partial charge in [0.1, 0.15) is 11.9 Å². The molecule has 7 heteroatoms. The molecule has 1 aromatic carbocycles. The molecule has 0 aliphatic carbocycles. The lowest BCUT2D eigenvalue weighted by molar-refractivity contribution is -0.138. The predicted molar refractivity (Wildman–Crippen MR) is 114 cm³/mol. The van der Waals surface area contributed by atoms with Crippen molar-refractivity contribution in [3.8, 4) is 0 Å². The molecule has 0 aliphatic rings. The van der Waals surface area contributed by atoms with E-state index in [9.17, 15) is 14.4 Å². The van der Waals surface area contributed by atoms with E-state index in [-0.39, 0.29) is 30.0 Å². The van der Waals surface area contributed by atoms with Crippen molar-refractivity contribution in [3.05, 3.63) is 29.8 Å². The first-order valence-corrected chi connectivity index (χ1v) is 9.26. The zero-order valence-electron chi connectivity index (χ0n) is 18.5. The van der Waals surface area contributed by atoms with Gasteiger partial charge in [-0.15, -0.1) is 0 Å². The fraction of sp³-hybridized carbons (Fsp3) is 0.571. The summed E-state index contributed by atoms with van der Waals surface area (Å²) in [5.74, 6) is 0.0984. The molecule has 0 saturated carbocycles. The molecule has 1 aromatic rings. The molecule has 7 nitrogen and oxygen atoms in total. The van der Waals surface area contributed by atoms with Crippen molar-refractivity contribution in [1.82, 2.24) is 10.6 Å². The smallest absolute Gasteiger partial charge is 0.293 e. The Labute approximate surface area is 169 Å². The van der Waals surface area contributed by atoms with Crippen LogP contribution in [0.2, 0.25) is 0 Å². The van der Waals surface area contributed by atoms with Crippen LogP contribution < -0.4 is 16.0 Å². The molecule has 3 N–H and O–H groups in total. The standard InChI is InChI=1S/C8H16N2O2.C8H11N.C5H10O2/c1-6(2)7(9-3)8(12)10-4-5-11;1-7-3-5-8(9-2)6-4-7;1-5(2,3)7-4-6/h5-7,9H,4H2,1-3H3,(H,10,12);3-6,9H,1-2H3;4H,1-3H3. The third-order valence-electron chi connectivity index (χ3n) is 3.36. The number of hydrogen-bond donors (Lipinski definition) is 3. The number of likely N-dealkylation sites (N-methyl/N-ethyl adjacent to an activating group) is 1. The van der Waals surface area contributed by atoms with Crippen molar-refractivity contribution in [2.45, 2.75) is 53.2 Å². The van der Waals surface area contributed by atoms with Gasteiger partial charge in [-0.2, -0.15) is 0 Å². The molecule has 0 saturated heterocycles. The highest BCUT2D eigenvalue weighted by atomic mass is 16.5. The lowest BCUT2D eigenvalue weighted by atomic mass is 10.0. The van der Waals surface area contributed by atoms with Crippen LogP contribution in [0.15, 0.2) is 24.3 Å². The summed E-state index contributed by atoms with van der Waals surface area (Å²) in [7, 11) is 3.65. The Kier molecular flexibility index (Phi) is 15.5. The van der Waals surface area contributed by atoms with E-state index >= 15 is 0 Å². The lowest BCUT2D eigenvalue weighted by Crippen LogP contribution is -2.46. The number of ether oxygens (including phenoxy) is 1. The Hall–Kier alpha value is -2.41. The quantitative estimate of drug-likeness (QED) is 0.614. The number of rotatable bonds is 7. The van der Waals surface area contributed by atoms with Crippen LogP contribution in [0.5, 0.6) is 0 Å². The van der Waals surface area contributed by atoms with Crippen molar-refractivity contribution in [3.63, 3.8) is 0 Å². The molecule has 1 amide bonds. The summed E-state index contributed by atoms with van der Waals surface area (Å²) in [6.07, 6.45) is 0.672. The van der Waals surface area contributed by atoms with Gasteiger partial charge in [-0.1, -0.05) is 31.5 Å². The minimum absolute atomic E-state index is 0.0870. The molecule has 1 atom stereocenters. The summed E-state index contributed by atoms with van der Waals surface area (Å²) in [5.41, 5.74) is 2.15. The Bertz CT molecular complexity index is 552. The molecular weight excluding hydrogens is 358 g/mol. The van der Waals surface area contributed by atoms with Gasteiger partial charge in [0, 0.05) is 12.7 Å². The van der Waals surface area contributed by atoms with Crippen molar-refractivity contribution in [1.29, 1.82) is 0 Å². The molecule has 1 rings (SSSR count). The minimum atomic E-state index is -0.318. The molecule has 0 fully saturated rings. The topological polar surface area (TPSA) is 96.5 Å². The van der Waals surface area contributed by atoms with Crippen molar-refractivity contribution in [2.75, 3.05) is 26.0 Å². The Morgan fingerprint density at radius 1 is 1.11 bits per heavy atom. The van der Waals surface area contributed by atoms with E-state index in [1.165, 1.54) is 11.3 Å². The van der Waals surface area contributed by atoms with Crippen LogP contribution in [0.25, 0.3) is 0 Å². The van der Waals surface area contributed by atoms with E-state index < -0.39 is 0 Å². The third kappa shape index (κ3) is 15.8. The van der Waals surface area contributed by atoms with Crippen LogP contribution in [-0.4, -0.2) is 50.9 Å². The normalized spacial score (nSPS) is 11.0. The van der Waals surface area contributed by atoms with Gasteiger partial charge in [0.15, 0.2) is 0 Å². The first kappa shape index (κ1) is 27.8. The summed E-state index contributed by atoms with van der Waals surface area (Å²) in [6, 6.07) is 8.09. The lowest BCUT2D eigenvalue weighted by Gasteiger charge is -2.18. The summed E-state index contributed by atoms with van der Waals surface area (Å²) in [4.78, 5) is 30.8. The fourth-order valence-electron chi connectivity index (χ4n) is 1.88. The molecule has 28 heavy (non-hydrogen) atoms. The van der Waals surface area contributed by atoms with Crippen molar-refractivity contribution < 1.29 is 19.1 Å². The first-order chi connectivity index (χ1) is 13.0. The zero-order valence-corrected chi connectivity index (χ0v) is 18.5. The molecule has 0 spiro atoms. The van der Waals surface area contributed by atoms with Crippen molar-refractivity contribution in [2.24, 2.45) is 5.92 Å². The highest BCUT2D eigenvalue weighted by Gasteiger charge is 2.18. The van der Waals surface area contributed by atoms with Crippen LogP contribution in [0.4, 0.5) is 5.69 Å². The van der Waals surface area contributed by atoms with Crippen molar-refractivity contribution >= 4 is 24.4 Å². The Morgan fingerprint density at radius 3 is 1.93 bits per heavy atom. The van der Waals surface area contributed by atoms with Crippen LogP contribution in [-0.2, 0) is 19.1 Å². The van der Waals surface area contributed by atoms with E-state index in [1.807, 2.05) is 41.7 Å². The number of aldehydes is 1. The SMILES string of the molecule is CC(C)(C)OC=O.CNC(C(=O)NCC=O)C(C)C.CNc1ccc(C)cc1. The number of hydrogen-bond acceptors (Lipinski definition) is 6. The number of benzene rings is 1. The second-order valence-corrected chi connectivity index (χ2v) is 7.36. The molecule has 160 valence electrons. The molecule has 0 radical (unpaired) electrons. The number of carbonyl (C=O) groups excluding carboxylic acids is 3. The second-order valence-electron chi connectivity index (χ2n) is 7.36. The largest absolute Gasteiger partial charge is 0.462 e. The third-order valence-corrected chi connectivity index (χ3v) is 3.36. The monoisotopic (exact) mass is 395 g/mol. The molecule has 0 aliphatic heterocycles. The molecule has 0 aromatic heterocycles. The average molecular weight is 396 g/mol. The molecule has 0 bridgehead atoms. The molecule has 1 unspecified atom stereocenters. The van der Waals surface area contributed by atoms with E-state index in [1.54, 1.807) is 7.05 Å². The molecule has 0 heterocycles. The van der Waals surface area contributed by atoms with Gasteiger partial charge in [-0.05, 0) is 52.8 Å². The van der Waals surface area contributed by atoms with Crippen LogP contribution in [0.3, 0.4) is 0 Å². The summed E-state index contributed by atoms with van der Waals surface area (Å²) < 4.78 is 4.55. The van der Waals surface area contributed by atoms with Gasteiger partial charge in [-0.25, -0.2) is 0 Å². The maximum absolute atomic E-state index is 11.2. The minimum Gasteiger partial charge on any atom is -0.462 e. The second kappa shape index (κ2) is 15.6. The maximum Gasteiger partial charge on any atom is 0.293 e. The van der Waals surface area contributed by atoms with Crippen LogP contribution in [0.1, 0.15) is 40.2 Å². The maximum atomic E-state index is 11.2. The number of amides is 1. The van der Waals surface area contributed by atoms with E-state index in [0.717, 1.165) is 0 Å². The predicted octanol–water partition coefficient (Wildman–Crippen LogP) is 2.54. The molecular formula is C21H37N3O4. The number of anilines is 1. The van der Waals surface area contributed by atoms with Gasteiger partial charge in [0.25, 0.3) is 6.47 Å². The van der Waals surface area contributed by atoms with Gasteiger partial charge in [0.05, 0.1) is 12.6 Å². The van der Waals surface area contributed by atoms with E-state index in [4.69, 9.17) is 0 Å². The highest BCUT2D eigenvalue weighted by Crippen LogP contribution is 2.06. The van der Waals surface area contributed by atoms with E-state index in [0.29, 0.717) is 12.8 Å². The number of carbonyl (C=O) groups is 3. The number of aryl methyl sites for hydroxylation is 1. The fourth-order valence-corrected chi connectivity index (χ4v) is 1.88. The Morgan fingerprint density at radius 2 is 1.64 bits per heavy atom. The summed E-state index contributed by atoms with van der Waals surface area (Å²) in [5, 5.41) is 8.43. The van der Waals surface area contributed by atoms with Gasteiger partial charge in [-0.3, -0.25) is 9.59 Å².